The Morgan fingerprint density at radius 1 is 1.18 bits per heavy atom. The Hall–Kier alpha value is -2.70. The van der Waals surface area contributed by atoms with Gasteiger partial charge in [-0.1, -0.05) is 30.1 Å². The molecule has 1 unspecified atom stereocenters. The molecular formula is C21H24N4O3. The van der Waals surface area contributed by atoms with Crippen molar-refractivity contribution in [3.05, 3.63) is 30.2 Å². The van der Waals surface area contributed by atoms with Crippen LogP contribution >= 0.6 is 0 Å². The highest BCUT2D eigenvalue weighted by Crippen LogP contribution is 2.39. The van der Waals surface area contributed by atoms with Crippen molar-refractivity contribution in [1.82, 2.24) is 15.0 Å². The minimum atomic E-state index is -0.289. The Labute approximate surface area is 163 Å². The van der Waals surface area contributed by atoms with Gasteiger partial charge in [0.1, 0.15) is 0 Å². The van der Waals surface area contributed by atoms with Gasteiger partial charge in [-0.15, -0.1) is 0 Å². The Bertz CT molecular complexity index is 899. The van der Waals surface area contributed by atoms with E-state index in [1.54, 1.807) is 0 Å². The van der Waals surface area contributed by atoms with Crippen LogP contribution in [0.5, 0.6) is 0 Å². The Morgan fingerprint density at radius 3 is 2.79 bits per heavy atom. The molecule has 3 aliphatic rings. The summed E-state index contributed by atoms with van der Waals surface area (Å²) in [5.74, 6) is 1.37. The normalized spacial score (nSPS) is 22.8. The fourth-order valence-electron chi connectivity index (χ4n) is 4.31. The Morgan fingerprint density at radius 2 is 2.00 bits per heavy atom. The molecule has 2 heterocycles. The topological polar surface area (TPSA) is 88.3 Å². The number of rotatable bonds is 5. The molecule has 2 saturated carbocycles. The molecule has 28 heavy (non-hydrogen) atoms. The fraction of sp³-hybridized carbons (Fsp3) is 0.524. The number of hydrogen-bond acceptors (Lipinski definition) is 5. The Kier molecular flexibility index (Phi) is 4.37. The first-order valence-electron chi connectivity index (χ1n) is 10.2. The molecule has 1 saturated heterocycles. The van der Waals surface area contributed by atoms with Gasteiger partial charge in [0.05, 0.1) is 5.92 Å². The molecule has 2 amide bonds. The molecule has 7 heteroatoms. The molecule has 1 aromatic carbocycles. The number of hydrogen-bond donors (Lipinski definition) is 1. The zero-order valence-electron chi connectivity index (χ0n) is 15.8. The van der Waals surface area contributed by atoms with Crippen molar-refractivity contribution >= 4 is 17.5 Å². The number of nitrogens with one attached hydrogen (secondary N) is 1. The lowest BCUT2D eigenvalue weighted by molar-refractivity contribution is -0.129. The molecule has 2 aromatic rings. The van der Waals surface area contributed by atoms with E-state index in [1.165, 1.54) is 12.8 Å². The van der Waals surface area contributed by atoms with Crippen LogP contribution in [-0.4, -0.2) is 39.4 Å². The molecule has 1 aliphatic heterocycles. The second-order valence-corrected chi connectivity index (χ2v) is 8.19. The standard InChI is InChI=1S/C21H24N4O3/c26-18-11-15(12-25(18)17-6-1-2-7-17)20(27)22-16-5-3-4-14(10-16)19-23-21(28-24-19)13-8-9-13/h3-5,10,13,15,17H,1-2,6-9,11-12H2,(H,22,27). The summed E-state index contributed by atoms with van der Waals surface area (Å²) < 4.78 is 5.33. The quantitative estimate of drug-likeness (QED) is 0.859. The first-order valence-corrected chi connectivity index (χ1v) is 10.2. The first-order chi connectivity index (χ1) is 13.7. The summed E-state index contributed by atoms with van der Waals surface area (Å²) in [6.07, 6.45) is 7.00. The zero-order chi connectivity index (χ0) is 19.1. The molecule has 1 aromatic heterocycles. The predicted octanol–water partition coefficient (Wildman–Crippen LogP) is 3.34. The van der Waals surface area contributed by atoms with Crippen molar-refractivity contribution in [2.75, 3.05) is 11.9 Å². The maximum atomic E-state index is 12.7. The summed E-state index contributed by atoms with van der Waals surface area (Å²) in [6.45, 7) is 0.532. The third-order valence-electron chi connectivity index (χ3n) is 6.05. The van der Waals surface area contributed by atoms with Crippen LogP contribution in [0, 0.1) is 5.92 Å². The molecule has 5 rings (SSSR count). The lowest BCUT2D eigenvalue weighted by Gasteiger charge is -2.23. The van der Waals surface area contributed by atoms with Crippen LogP contribution in [0.3, 0.4) is 0 Å². The van der Waals surface area contributed by atoms with Gasteiger partial charge < -0.3 is 14.7 Å². The Balaban J connectivity index is 1.25. The number of carbonyl (C=O) groups excluding carboxylic acids is 2. The molecule has 7 nitrogen and oxygen atoms in total. The highest BCUT2D eigenvalue weighted by atomic mass is 16.5. The van der Waals surface area contributed by atoms with E-state index >= 15 is 0 Å². The molecule has 1 atom stereocenters. The van der Waals surface area contributed by atoms with Crippen LogP contribution in [-0.2, 0) is 9.59 Å². The highest BCUT2D eigenvalue weighted by molar-refractivity contribution is 5.97. The van der Waals surface area contributed by atoms with Gasteiger partial charge in [0.2, 0.25) is 23.5 Å². The lowest BCUT2D eigenvalue weighted by Crippen LogP contribution is -2.35. The van der Waals surface area contributed by atoms with Crippen LogP contribution in [0.15, 0.2) is 28.8 Å². The van der Waals surface area contributed by atoms with E-state index in [2.05, 4.69) is 15.5 Å². The van der Waals surface area contributed by atoms with Gasteiger partial charge in [-0.2, -0.15) is 4.98 Å². The lowest BCUT2D eigenvalue weighted by atomic mass is 10.1. The second-order valence-electron chi connectivity index (χ2n) is 8.19. The van der Waals surface area contributed by atoms with Crippen molar-refractivity contribution in [3.8, 4) is 11.4 Å². The number of carbonyl (C=O) groups is 2. The summed E-state index contributed by atoms with van der Waals surface area (Å²) in [6, 6.07) is 7.79. The minimum Gasteiger partial charge on any atom is -0.339 e. The van der Waals surface area contributed by atoms with Gasteiger partial charge in [0.25, 0.3) is 0 Å². The molecule has 0 spiro atoms. The molecule has 0 radical (unpaired) electrons. The number of aromatic nitrogens is 2. The number of amides is 2. The van der Waals surface area contributed by atoms with Gasteiger partial charge in [-0.05, 0) is 37.8 Å². The van der Waals surface area contributed by atoms with Gasteiger partial charge in [-0.25, -0.2) is 0 Å². The van der Waals surface area contributed by atoms with Crippen molar-refractivity contribution in [2.45, 2.75) is 56.9 Å². The second kappa shape index (κ2) is 7.04. The summed E-state index contributed by atoms with van der Waals surface area (Å²) in [4.78, 5) is 31.5. The van der Waals surface area contributed by atoms with Gasteiger partial charge >= 0.3 is 0 Å². The maximum absolute atomic E-state index is 12.7. The van der Waals surface area contributed by atoms with E-state index in [-0.39, 0.29) is 17.7 Å². The summed E-state index contributed by atoms with van der Waals surface area (Å²) >= 11 is 0. The minimum absolute atomic E-state index is 0.0993. The van der Waals surface area contributed by atoms with E-state index in [1.807, 2.05) is 29.2 Å². The third-order valence-corrected chi connectivity index (χ3v) is 6.05. The molecular weight excluding hydrogens is 356 g/mol. The van der Waals surface area contributed by atoms with E-state index in [0.29, 0.717) is 42.3 Å². The number of benzene rings is 1. The number of nitrogens with zero attached hydrogens (tertiary/aromatic N) is 3. The summed E-state index contributed by atoms with van der Waals surface area (Å²) in [5.41, 5.74) is 1.50. The van der Waals surface area contributed by atoms with Crippen LogP contribution < -0.4 is 5.32 Å². The van der Waals surface area contributed by atoms with Crippen molar-refractivity contribution < 1.29 is 14.1 Å². The van der Waals surface area contributed by atoms with Gasteiger partial charge in [0.15, 0.2) is 0 Å². The van der Waals surface area contributed by atoms with E-state index in [9.17, 15) is 9.59 Å². The monoisotopic (exact) mass is 380 g/mol. The molecule has 0 bridgehead atoms. The van der Waals surface area contributed by atoms with Crippen molar-refractivity contribution in [1.29, 1.82) is 0 Å². The highest BCUT2D eigenvalue weighted by Gasteiger charge is 2.38. The molecule has 3 fully saturated rings. The van der Waals surface area contributed by atoms with Crippen LogP contribution in [0.2, 0.25) is 0 Å². The molecule has 1 N–H and O–H groups in total. The summed E-state index contributed by atoms with van der Waals surface area (Å²) in [7, 11) is 0. The third kappa shape index (κ3) is 3.41. The SMILES string of the molecule is O=C(Nc1cccc(-c2noc(C3CC3)n2)c1)C1CC(=O)N(C2CCCC2)C1. The van der Waals surface area contributed by atoms with Crippen molar-refractivity contribution in [2.24, 2.45) is 5.92 Å². The molecule has 2 aliphatic carbocycles. The average Bonchev–Trinajstić information content (AvgIpc) is 3.11. The molecule has 146 valence electrons. The van der Waals surface area contributed by atoms with E-state index in [0.717, 1.165) is 31.2 Å². The smallest absolute Gasteiger partial charge is 0.230 e. The van der Waals surface area contributed by atoms with Crippen LogP contribution in [0.4, 0.5) is 5.69 Å². The number of anilines is 1. The largest absolute Gasteiger partial charge is 0.339 e. The number of likely N-dealkylation sites (tertiary alicyclic amines) is 1. The van der Waals surface area contributed by atoms with Gasteiger partial charge in [0, 0.05) is 36.2 Å². The van der Waals surface area contributed by atoms with Crippen LogP contribution in [0.1, 0.15) is 56.8 Å². The maximum Gasteiger partial charge on any atom is 0.230 e. The average molecular weight is 380 g/mol. The van der Waals surface area contributed by atoms with Gasteiger partial charge in [-0.3, -0.25) is 9.59 Å². The fourth-order valence-corrected chi connectivity index (χ4v) is 4.31. The van der Waals surface area contributed by atoms with E-state index in [4.69, 9.17) is 4.52 Å². The zero-order valence-corrected chi connectivity index (χ0v) is 15.8. The van der Waals surface area contributed by atoms with E-state index < -0.39 is 0 Å². The van der Waals surface area contributed by atoms with Crippen LogP contribution in [0.25, 0.3) is 11.4 Å². The predicted molar refractivity (Wildman–Crippen MR) is 102 cm³/mol. The van der Waals surface area contributed by atoms with Crippen molar-refractivity contribution in [3.63, 3.8) is 0 Å². The summed E-state index contributed by atoms with van der Waals surface area (Å²) in [5, 5.41) is 7.02. The first kappa shape index (κ1) is 17.4.